The van der Waals surface area contributed by atoms with Crippen molar-refractivity contribution in [3.05, 3.63) is 0 Å². The molecule has 0 saturated carbocycles. The first kappa shape index (κ1) is 12.8. The Bertz CT molecular complexity index is 219. The van der Waals surface area contributed by atoms with Crippen LogP contribution in [-0.2, 0) is 4.79 Å². The van der Waals surface area contributed by atoms with Crippen LogP contribution in [0.5, 0.6) is 0 Å². The molecule has 2 heterocycles. The summed E-state index contributed by atoms with van der Waals surface area (Å²) in [5, 5.41) is 3.18. The molecular formula is C11H21ClN2O. The lowest BCUT2D eigenvalue weighted by molar-refractivity contribution is -0.135. The van der Waals surface area contributed by atoms with Crippen LogP contribution < -0.4 is 5.32 Å². The summed E-state index contributed by atoms with van der Waals surface area (Å²) in [4.78, 5) is 14.0. The normalized spacial score (nSPS) is 31.1. The van der Waals surface area contributed by atoms with Crippen LogP contribution in [0.1, 0.15) is 32.6 Å². The van der Waals surface area contributed by atoms with Gasteiger partial charge in [0.1, 0.15) is 0 Å². The van der Waals surface area contributed by atoms with Crippen LogP contribution in [0, 0.1) is 5.92 Å². The predicted octanol–water partition coefficient (Wildman–Crippen LogP) is 1.42. The van der Waals surface area contributed by atoms with Gasteiger partial charge in [0.2, 0.25) is 5.91 Å². The molecule has 0 radical (unpaired) electrons. The van der Waals surface area contributed by atoms with Crippen LogP contribution in [0.15, 0.2) is 0 Å². The number of carbonyl (C=O) groups is 1. The van der Waals surface area contributed by atoms with Gasteiger partial charge in [-0.15, -0.1) is 12.4 Å². The first-order valence-electron chi connectivity index (χ1n) is 5.79. The molecule has 2 saturated heterocycles. The maximum absolute atomic E-state index is 11.9. The fourth-order valence-corrected chi connectivity index (χ4v) is 2.20. The largest absolute Gasteiger partial charge is 0.341 e. The number of hydrogen-bond donors (Lipinski definition) is 1. The fraction of sp³-hybridized carbons (Fsp3) is 0.909. The van der Waals surface area contributed by atoms with Crippen LogP contribution >= 0.6 is 12.4 Å². The number of carbonyl (C=O) groups excluding carboxylic acids is 1. The fourth-order valence-electron chi connectivity index (χ4n) is 2.20. The van der Waals surface area contributed by atoms with Gasteiger partial charge in [-0.3, -0.25) is 4.79 Å². The Morgan fingerprint density at radius 1 is 1.27 bits per heavy atom. The van der Waals surface area contributed by atoms with Crippen LogP contribution in [0.25, 0.3) is 0 Å². The molecule has 2 fully saturated rings. The molecule has 1 amide bonds. The van der Waals surface area contributed by atoms with E-state index < -0.39 is 0 Å². The molecule has 2 atom stereocenters. The molecule has 2 aliphatic rings. The number of rotatable bonds is 1. The van der Waals surface area contributed by atoms with Crippen LogP contribution in [0.3, 0.4) is 0 Å². The molecule has 0 spiro atoms. The van der Waals surface area contributed by atoms with E-state index in [0.29, 0.717) is 5.91 Å². The molecule has 15 heavy (non-hydrogen) atoms. The highest BCUT2D eigenvalue weighted by atomic mass is 35.5. The van der Waals surface area contributed by atoms with Gasteiger partial charge in [-0.05, 0) is 38.1 Å². The molecule has 0 aromatic rings. The number of likely N-dealkylation sites (tertiary alicyclic amines) is 1. The van der Waals surface area contributed by atoms with Crippen molar-refractivity contribution in [3.63, 3.8) is 0 Å². The summed E-state index contributed by atoms with van der Waals surface area (Å²) in [7, 11) is 0. The number of nitrogens with zero attached hydrogens (tertiary/aromatic N) is 1. The van der Waals surface area contributed by atoms with Gasteiger partial charge in [0, 0.05) is 13.1 Å². The lowest BCUT2D eigenvalue weighted by Gasteiger charge is -2.32. The van der Waals surface area contributed by atoms with Crippen LogP contribution in [-0.4, -0.2) is 36.5 Å². The molecule has 2 rings (SSSR count). The van der Waals surface area contributed by atoms with Crippen molar-refractivity contribution in [1.29, 1.82) is 0 Å². The average Bonchev–Trinajstić information content (AvgIpc) is 2.26. The molecule has 0 aliphatic carbocycles. The second kappa shape index (κ2) is 5.71. The zero-order valence-corrected chi connectivity index (χ0v) is 10.2. The molecule has 0 bridgehead atoms. The van der Waals surface area contributed by atoms with E-state index >= 15 is 0 Å². The zero-order valence-electron chi connectivity index (χ0n) is 9.37. The summed E-state index contributed by atoms with van der Waals surface area (Å²) < 4.78 is 0. The van der Waals surface area contributed by atoms with E-state index in [1.807, 2.05) is 0 Å². The third-order valence-corrected chi connectivity index (χ3v) is 3.45. The second-order valence-corrected chi connectivity index (χ2v) is 4.66. The quantitative estimate of drug-likeness (QED) is 0.742. The van der Waals surface area contributed by atoms with E-state index in [-0.39, 0.29) is 18.4 Å². The summed E-state index contributed by atoms with van der Waals surface area (Å²) in [6.07, 6.45) is 4.67. The van der Waals surface area contributed by atoms with Crippen molar-refractivity contribution in [2.24, 2.45) is 5.92 Å². The van der Waals surface area contributed by atoms with Gasteiger partial charge in [0.25, 0.3) is 0 Å². The molecule has 0 aromatic carbocycles. The molecule has 1 N–H and O–H groups in total. The third-order valence-electron chi connectivity index (χ3n) is 3.45. The molecular weight excluding hydrogens is 212 g/mol. The highest BCUT2D eigenvalue weighted by Crippen LogP contribution is 2.18. The Morgan fingerprint density at radius 2 is 2.00 bits per heavy atom. The minimum atomic E-state index is 0. The number of amides is 1. The van der Waals surface area contributed by atoms with Crippen molar-refractivity contribution < 1.29 is 4.79 Å². The SMILES string of the molecule is CC1CCCN(C(=O)[C@H]2CCN2)CC1.Cl. The molecule has 4 heteroatoms. The second-order valence-electron chi connectivity index (χ2n) is 4.66. The Kier molecular flexibility index (Phi) is 4.87. The number of halogens is 1. The van der Waals surface area contributed by atoms with Gasteiger partial charge >= 0.3 is 0 Å². The molecule has 1 unspecified atom stereocenters. The van der Waals surface area contributed by atoms with E-state index in [2.05, 4.69) is 17.1 Å². The van der Waals surface area contributed by atoms with Crippen molar-refractivity contribution in [1.82, 2.24) is 10.2 Å². The van der Waals surface area contributed by atoms with E-state index in [0.717, 1.165) is 32.0 Å². The molecule has 88 valence electrons. The lowest BCUT2D eigenvalue weighted by Crippen LogP contribution is -2.54. The third kappa shape index (κ3) is 3.08. The lowest BCUT2D eigenvalue weighted by atomic mass is 10.0. The monoisotopic (exact) mass is 232 g/mol. The van der Waals surface area contributed by atoms with Crippen molar-refractivity contribution in [2.75, 3.05) is 19.6 Å². The zero-order chi connectivity index (χ0) is 9.97. The van der Waals surface area contributed by atoms with E-state index in [1.54, 1.807) is 0 Å². The highest BCUT2D eigenvalue weighted by molar-refractivity contribution is 5.85. The van der Waals surface area contributed by atoms with Gasteiger partial charge in [0.05, 0.1) is 6.04 Å². The van der Waals surface area contributed by atoms with Crippen molar-refractivity contribution in [2.45, 2.75) is 38.6 Å². The maximum atomic E-state index is 11.9. The standard InChI is InChI=1S/C11H20N2O.ClH/c1-9-3-2-7-13(8-5-9)11(14)10-4-6-12-10;/h9-10,12H,2-8H2,1H3;1H/t9?,10-;/m1./s1. The minimum Gasteiger partial charge on any atom is -0.341 e. The van der Waals surface area contributed by atoms with Crippen LogP contribution in [0.2, 0.25) is 0 Å². The topological polar surface area (TPSA) is 32.3 Å². The van der Waals surface area contributed by atoms with E-state index in [9.17, 15) is 4.79 Å². The Labute approximate surface area is 98.0 Å². The highest BCUT2D eigenvalue weighted by Gasteiger charge is 2.29. The van der Waals surface area contributed by atoms with E-state index in [1.165, 1.54) is 19.3 Å². The summed E-state index contributed by atoms with van der Waals surface area (Å²) in [5.41, 5.74) is 0. The Morgan fingerprint density at radius 3 is 2.60 bits per heavy atom. The van der Waals surface area contributed by atoms with Gasteiger partial charge in [0.15, 0.2) is 0 Å². The number of nitrogens with one attached hydrogen (secondary N) is 1. The maximum Gasteiger partial charge on any atom is 0.239 e. The summed E-state index contributed by atoms with van der Waals surface area (Å²) in [6, 6.07) is 0.142. The first-order valence-corrected chi connectivity index (χ1v) is 5.79. The Balaban J connectivity index is 0.00000112. The smallest absolute Gasteiger partial charge is 0.239 e. The van der Waals surface area contributed by atoms with Gasteiger partial charge in [-0.25, -0.2) is 0 Å². The van der Waals surface area contributed by atoms with Crippen molar-refractivity contribution >= 4 is 18.3 Å². The van der Waals surface area contributed by atoms with Gasteiger partial charge < -0.3 is 10.2 Å². The van der Waals surface area contributed by atoms with Gasteiger partial charge in [-0.2, -0.15) is 0 Å². The van der Waals surface area contributed by atoms with Crippen LogP contribution in [0.4, 0.5) is 0 Å². The summed E-state index contributed by atoms with van der Waals surface area (Å²) in [6.45, 7) is 5.25. The van der Waals surface area contributed by atoms with Crippen molar-refractivity contribution in [3.8, 4) is 0 Å². The molecule has 0 aromatic heterocycles. The average molecular weight is 233 g/mol. The molecule has 3 nitrogen and oxygen atoms in total. The molecule has 2 aliphatic heterocycles. The number of hydrogen-bond acceptors (Lipinski definition) is 2. The predicted molar refractivity (Wildman–Crippen MR) is 63.3 cm³/mol. The minimum absolute atomic E-state index is 0. The summed E-state index contributed by atoms with van der Waals surface area (Å²) >= 11 is 0. The van der Waals surface area contributed by atoms with Gasteiger partial charge in [-0.1, -0.05) is 6.92 Å². The first-order chi connectivity index (χ1) is 6.77. The van der Waals surface area contributed by atoms with E-state index in [4.69, 9.17) is 0 Å². The Hall–Kier alpha value is -0.280. The summed E-state index contributed by atoms with van der Waals surface area (Å²) in [5.74, 6) is 1.13.